The third-order valence-corrected chi connectivity index (χ3v) is 8.48. The lowest BCUT2D eigenvalue weighted by Gasteiger charge is -2.34. The number of aromatic nitrogens is 2. The molecular formula is C24H27FN4OS2. The molecule has 0 bridgehead atoms. The standard InChI is InChI=1S/C24H27FN4OS2/c1-16-23(32-27-26-16)24(30)29-13-20(22(14-29)19-8-11-31-15-19)12-28-9-6-18(7-10-28)17-2-4-21(25)5-3-17/h2-5,8,11,15,18,20,22H,6-7,9-10,12-14H2,1H3. The van der Waals surface area contributed by atoms with E-state index < -0.39 is 0 Å². The Hall–Kier alpha value is -2.16. The second-order valence-corrected chi connectivity index (χ2v) is 10.5. The number of aryl methyl sites for hydroxylation is 1. The molecule has 5 rings (SSSR count). The number of carbonyl (C=O) groups excluding carboxylic acids is 1. The first-order chi connectivity index (χ1) is 15.6. The topological polar surface area (TPSA) is 49.3 Å². The second kappa shape index (κ2) is 9.37. The molecule has 0 saturated carbocycles. The van der Waals surface area contributed by atoms with Gasteiger partial charge in [-0.05, 0) is 96.3 Å². The first kappa shape index (κ1) is 21.7. The van der Waals surface area contributed by atoms with E-state index in [-0.39, 0.29) is 11.7 Å². The van der Waals surface area contributed by atoms with Crippen molar-refractivity contribution in [1.29, 1.82) is 0 Å². The van der Waals surface area contributed by atoms with Crippen LogP contribution in [0.1, 0.15) is 51.2 Å². The molecule has 1 amide bonds. The Morgan fingerprint density at radius 2 is 1.91 bits per heavy atom. The SMILES string of the molecule is Cc1nnsc1C(=O)N1CC(CN2CCC(c3ccc(F)cc3)CC2)C(c2ccsc2)C1. The molecule has 0 spiro atoms. The smallest absolute Gasteiger partial charge is 0.267 e. The minimum atomic E-state index is -0.171. The van der Waals surface area contributed by atoms with Gasteiger partial charge in [0.05, 0.1) is 5.69 Å². The van der Waals surface area contributed by atoms with Crippen LogP contribution in [0.5, 0.6) is 0 Å². The highest BCUT2D eigenvalue weighted by molar-refractivity contribution is 7.08. The Kier molecular flexibility index (Phi) is 6.35. The largest absolute Gasteiger partial charge is 0.337 e. The number of halogens is 1. The van der Waals surface area contributed by atoms with Crippen LogP contribution in [0.25, 0.3) is 0 Å². The van der Waals surface area contributed by atoms with Gasteiger partial charge in [0.15, 0.2) is 0 Å². The Balaban J connectivity index is 1.25. The zero-order valence-electron chi connectivity index (χ0n) is 18.1. The molecule has 3 aromatic rings. The summed E-state index contributed by atoms with van der Waals surface area (Å²) < 4.78 is 17.2. The summed E-state index contributed by atoms with van der Waals surface area (Å²) in [6.45, 7) is 6.46. The van der Waals surface area contributed by atoms with Gasteiger partial charge in [0.25, 0.3) is 5.91 Å². The molecule has 2 aliphatic heterocycles. The quantitative estimate of drug-likeness (QED) is 0.538. The van der Waals surface area contributed by atoms with Crippen molar-refractivity contribution in [3.63, 3.8) is 0 Å². The van der Waals surface area contributed by atoms with Gasteiger partial charge < -0.3 is 9.80 Å². The second-order valence-electron chi connectivity index (χ2n) is 8.95. The first-order valence-corrected chi connectivity index (χ1v) is 12.9. The molecule has 5 nitrogen and oxygen atoms in total. The minimum absolute atomic E-state index is 0.0650. The predicted molar refractivity (Wildman–Crippen MR) is 126 cm³/mol. The Labute approximate surface area is 196 Å². The van der Waals surface area contributed by atoms with Gasteiger partial charge in [-0.25, -0.2) is 4.39 Å². The normalized spacial score (nSPS) is 22.5. The number of carbonyl (C=O) groups is 1. The number of likely N-dealkylation sites (tertiary alicyclic amines) is 2. The van der Waals surface area contributed by atoms with Crippen molar-refractivity contribution < 1.29 is 9.18 Å². The maximum Gasteiger partial charge on any atom is 0.267 e. The van der Waals surface area contributed by atoms with Gasteiger partial charge in [-0.2, -0.15) is 11.3 Å². The number of piperidine rings is 1. The summed E-state index contributed by atoms with van der Waals surface area (Å²) in [4.78, 5) is 18.3. The average molecular weight is 471 g/mol. The Morgan fingerprint density at radius 1 is 1.12 bits per heavy atom. The van der Waals surface area contributed by atoms with Crippen molar-refractivity contribution in [2.75, 3.05) is 32.7 Å². The van der Waals surface area contributed by atoms with E-state index in [0.717, 1.165) is 51.3 Å². The number of hydrogen-bond donors (Lipinski definition) is 0. The van der Waals surface area contributed by atoms with Crippen molar-refractivity contribution in [1.82, 2.24) is 19.4 Å². The molecule has 2 atom stereocenters. The predicted octanol–water partition coefficient (Wildman–Crippen LogP) is 4.78. The summed E-state index contributed by atoms with van der Waals surface area (Å²) in [5.74, 6) is 1.17. The fourth-order valence-electron chi connectivity index (χ4n) is 5.17. The summed E-state index contributed by atoms with van der Waals surface area (Å²) in [5.41, 5.74) is 3.31. The van der Waals surface area contributed by atoms with Crippen LogP contribution in [0, 0.1) is 18.7 Å². The third-order valence-electron chi connectivity index (χ3n) is 6.97. The fourth-order valence-corrected chi connectivity index (χ4v) is 6.52. The summed E-state index contributed by atoms with van der Waals surface area (Å²) in [6.07, 6.45) is 2.19. The van der Waals surface area contributed by atoms with Crippen molar-refractivity contribution in [2.45, 2.75) is 31.6 Å². The first-order valence-electron chi connectivity index (χ1n) is 11.2. The van der Waals surface area contributed by atoms with E-state index in [1.165, 1.54) is 22.7 Å². The molecular weight excluding hydrogens is 443 g/mol. The highest BCUT2D eigenvalue weighted by atomic mass is 32.1. The number of thiophene rings is 1. The number of rotatable bonds is 5. The van der Waals surface area contributed by atoms with Crippen LogP contribution < -0.4 is 0 Å². The fraction of sp³-hybridized carbons (Fsp3) is 0.458. The van der Waals surface area contributed by atoms with Crippen molar-refractivity contribution in [2.24, 2.45) is 5.92 Å². The number of benzene rings is 1. The van der Waals surface area contributed by atoms with Crippen molar-refractivity contribution in [3.8, 4) is 0 Å². The van der Waals surface area contributed by atoms with E-state index in [0.29, 0.717) is 22.6 Å². The van der Waals surface area contributed by atoms with Gasteiger partial charge in [-0.1, -0.05) is 16.6 Å². The Bertz CT molecular complexity index is 1040. The average Bonchev–Trinajstić information content (AvgIpc) is 3.55. The number of hydrogen-bond acceptors (Lipinski definition) is 6. The lowest BCUT2D eigenvalue weighted by molar-refractivity contribution is 0.0785. The molecule has 2 aliphatic rings. The van der Waals surface area contributed by atoms with E-state index >= 15 is 0 Å². The molecule has 2 aromatic heterocycles. The molecule has 32 heavy (non-hydrogen) atoms. The lowest BCUT2D eigenvalue weighted by atomic mass is 9.87. The molecule has 0 aliphatic carbocycles. The van der Waals surface area contributed by atoms with Crippen LogP contribution in [-0.4, -0.2) is 58.0 Å². The third kappa shape index (κ3) is 4.49. The van der Waals surface area contributed by atoms with E-state index in [4.69, 9.17) is 0 Å². The van der Waals surface area contributed by atoms with E-state index in [9.17, 15) is 9.18 Å². The van der Waals surface area contributed by atoms with E-state index in [2.05, 4.69) is 31.3 Å². The summed E-state index contributed by atoms with van der Waals surface area (Å²) in [5, 5.41) is 8.38. The zero-order chi connectivity index (χ0) is 22.1. The molecule has 8 heteroatoms. The highest BCUT2D eigenvalue weighted by Gasteiger charge is 2.38. The molecule has 2 fully saturated rings. The number of nitrogens with zero attached hydrogens (tertiary/aromatic N) is 4. The van der Waals surface area contributed by atoms with E-state index in [1.807, 2.05) is 24.0 Å². The summed E-state index contributed by atoms with van der Waals surface area (Å²) in [6, 6.07) is 9.20. The van der Waals surface area contributed by atoms with Crippen LogP contribution in [0.15, 0.2) is 41.1 Å². The molecule has 0 radical (unpaired) electrons. The monoisotopic (exact) mass is 470 g/mol. The van der Waals surface area contributed by atoms with Crippen LogP contribution >= 0.6 is 22.9 Å². The van der Waals surface area contributed by atoms with Gasteiger partial charge in [0.2, 0.25) is 0 Å². The summed E-state index contributed by atoms with van der Waals surface area (Å²) >= 11 is 2.92. The maximum atomic E-state index is 13.3. The van der Waals surface area contributed by atoms with Crippen LogP contribution in [-0.2, 0) is 0 Å². The minimum Gasteiger partial charge on any atom is -0.337 e. The number of amides is 1. The molecule has 0 N–H and O–H groups in total. The lowest BCUT2D eigenvalue weighted by Crippen LogP contribution is -2.38. The van der Waals surface area contributed by atoms with Crippen LogP contribution in [0.2, 0.25) is 0 Å². The van der Waals surface area contributed by atoms with Crippen molar-refractivity contribution >= 4 is 28.8 Å². The molecule has 1 aromatic carbocycles. The molecule has 4 heterocycles. The zero-order valence-corrected chi connectivity index (χ0v) is 19.7. The highest BCUT2D eigenvalue weighted by Crippen LogP contribution is 2.37. The van der Waals surface area contributed by atoms with Gasteiger partial charge in [-0.3, -0.25) is 4.79 Å². The van der Waals surface area contributed by atoms with Gasteiger partial charge in [-0.15, -0.1) is 5.10 Å². The Morgan fingerprint density at radius 3 is 2.56 bits per heavy atom. The van der Waals surface area contributed by atoms with Gasteiger partial charge in [0, 0.05) is 25.6 Å². The molecule has 168 valence electrons. The van der Waals surface area contributed by atoms with E-state index in [1.54, 1.807) is 23.5 Å². The maximum absolute atomic E-state index is 13.3. The van der Waals surface area contributed by atoms with Gasteiger partial charge >= 0.3 is 0 Å². The molecule has 2 unspecified atom stereocenters. The van der Waals surface area contributed by atoms with Crippen LogP contribution in [0.4, 0.5) is 4.39 Å². The molecule has 2 saturated heterocycles. The van der Waals surface area contributed by atoms with Gasteiger partial charge in [0.1, 0.15) is 10.7 Å². The van der Waals surface area contributed by atoms with Crippen LogP contribution in [0.3, 0.4) is 0 Å². The van der Waals surface area contributed by atoms with Crippen molar-refractivity contribution in [3.05, 3.63) is 68.6 Å². The summed E-state index contributed by atoms with van der Waals surface area (Å²) in [7, 11) is 0.